The van der Waals surface area contributed by atoms with Gasteiger partial charge in [0.1, 0.15) is 11.9 Å². The largest absolute Gasteiger partial charge is 0.454 e. The summed E-state index contributed by atoms with van der Waals surface area (Å²) in [5.41, 5.74) is 3.45. The number of fused-ring (bicyclic) bond motifs is 1. The highest BCUT2D eigenvalue weighted by molar-refractivity contribution is 5.99. The van der Waals surface area contributed by atoms with Crippen LogP contribution in [0.25, 0.3) is 0 Å². The zero-order chi connectivity index (χ0) is 25.2. The van der Waals surface area contributed by atoms with Crippen molar-refractivity contribution in [3.8, 4) is 11.5 Å². The van der Waals surface area contributed by atoms with Crippen LogP contribution in [0.5, 0.6) is 11.5 Å². The lowest BCUT2D eigenvalue weighted by molar-refractivity contribution is -0.127. The van der Waals surface area contributed by atoms with E-state index in [1.165, 1.54) is 0 Å². The minimum atomic E-state index is -0.730. The number of aromatic nitrogens is 2. The van der Waals surface area contributed by atoms with Gasteiger partial charge in [0, 0.05) is 43.4 Å². The SMILES string of the molecule is CCn1c(C2CC2)nc(CC(=O)N[C@@H](Cc2ccccc2)C(=O)N(C)c2ccc3c(c2)OCO3)c1C. The van der Waals surface area contributed by atoms with E-state index in [1.807, 2.05) is 43.3 Å². The molecule has 0 radical (unpaired) electrons. The van der Waals surface area contributed by atoms with Gasteiger partial charge >= 0.3 is 0 Å². The van der Waals surface area contributed by atoms with Gasteiger partial charge in [0.15, 0.2) is 11.5 Å². The fourth-order valence-corrected chi connectivity index (χ4v) is 4.73. The molecule has 1 aliphatic heterocycles. The first-order valence-corrected chi connectivity index (χ1v) is 12.5. The van der Waals surface area contributed by atoms with Crippen molar-refractivity contribution in [3.63, 3.8) is 0 Å². The predicted molar refractivity (Wildman–Crippen MR) is 136 cm³/mol. The molecule has 8 heteroatoms. The summed E-state index contributed by atoms with van der Waals surface area (Å²) in [6.07, 6.45) is 2.84. The maximum atomic E-state index is 13.6. The van der Waals surface area contributed by atoms with Crippen molar-refractivity contribution in [2.75, 3.05) is 18.7 Å². The van der Waals surface area contributed by atoms with E-state index in [0.29, 0.717) is 29.5 Å². The van der Waals surface area contributed by atoms with Crippen LogP contribution < -0.4 is 19.7 Å². The number of anilines is 1. The van der Waals surface area contributed by atoms with Gasteiger partial charge in [-0.05, 0) is 44.4 Å². The molecule has 0 spiro atoms. The lowest BCUT2D eigenvalue weighted by atomic mass is 10.0. The Labute approximate surface area is 211 Å². The van der Waals surface area contributed by atoms with Crippen LogP contribution in [0.15, 0.2) is 48.5 Å². The normalized spacial score (nSPS) is 15.0. The summed E-state index contributed by atoms with van der Waals surface area (Å²) in [6.45, 7) is 5.12. The summed E-state index contributed by atoms with van der Waals surface area (Å²) >= 11 is 0. The lowest BCUT2D eigenvalue weighted by Gasteiger charge is -2.25. The van der Waals surface area contributed by atoms with Crippen molar-refractivity contribution >= 4 is 17.5 Å². The van der Waals surface area contributed by atoms with Crippen molar-refractivity contribution in [3.05, 3.63) is 71.3 Å². The second-order valence-corrected chi connectivity index (χ2v) is 9.44. The van der Waals surface area contributed by atoms with E-state index < -0.39 is 6.04 Å². The van der Waals surface area contributed by atoms with Crippen LogP contribution in [0.2, 0.25) is 0 Å². The number of nitrogens with zero attached hydrogens (tertiary/aromatic N) is 3. The van der Waals surface area contributed by atoms with Crippen LogP contribution in [0.3, 0.4) is 0 Å². The Morgan fingerprint density at radius 1 is 1.14 bits per heavy atom. The number of rotatable bonds is 9. The Balaban J connectivity index is 1.34. The average Bonchev–Trinajstić information content (AvgIpc) is 3.54. The molecular weight excluding hydrogens is 456 g/mol. The number of carbonyl (C=O) groups excluding carboxylic acids is 2. The standard InChI is InChI=1S/C28H32N4O4/c1-4-32-18(2)22(30-27(32)20-10-11-20)16-26(33)29-23(14-19-8-6-5-7-9-19)28(34)31(3)21-12-13-24-25(15-21)36-17-35-24/h5-9,12-13,15,20,23H,4,10-11,14,16-17H2,1-3H3,(H,29,33)/t23-/m0/s1. The molecule has 1 atom stereocenters. The molecule has 188 valence electrons. The Kier molecular flexibility index (Phi) is 6.67. The highest BCUT2D eigenvalue weighted by atomic mass is 16.7. The van der Waals surface area contributed by atoms with Crippen LogP contribution in [0.4, 0.5) is 5.69 Å². The van der Waals surface area contributed by atoms with E-state index in [0.717, 1.165) is 42.2 Å². The number of imidazole rings is 1. The van der Waals surface area contributed by atoms with Crippen molar-refractivity contribution in [1.82, 2.24) is 14.9 Å². The third-order valence-electron chi connectivity index (χ3n) is 6.93. The van der Waals surface area contributed by atoms with E-state index in [2.05, 4.69) is 16.8 Å². The highest BCUT2D eigenvalue weighted by Gasteiger charge is 2.31. The van der Waals surface area contributed by atoms with Gasteiger partial charge in [-0.25, -0.2) is 4.98 Å². The lowest BCUT2D eigenvalue weighted by Crippen LogP contribution is -2.49. The summed E-state index contributed by atoms with van der Waals surface area (Å²) in [5, 5.41) is 3.00. The van der Waals surface area contributed by atoms with Gasteiger partial charge in [-0.1, -0.05) is 30.3 Å². The Morgan fingerprint density at radius 2 is 1.89 bits per heavy atom. The molecule has 36 heavy (non-hydrogen) atoms. The maximum Gasteiger partial charge on any atom is 0.249 e. The minimum Gasteiger partial charge on any atom is -0.454 e. The number of amides is 2. The zero-order valence-electron chi connectivity index (χ0n) is 21.0. The van der Waals surface area contributed by atoms with Crippen molar-refractivity contribution in [2.24, 2.45) is 0 Å². The molecule has 2 amide bonds. The fraction of sp³-hybridized carbons (Fsp3) is 0.393. The molecule has 0 bridgehead atoms. The molecule has 2 aromatic carbocycles. The monoisotopic (exact) mass is 488 g/mol. The third-order valence-corrected chi connectivity index (χ3v) is 6.93. The van der Waals surface area contributed by atoms with E-state index in [4.69, 9.17) is 14.5 Å². The first kappa shape index (κ1) is 23.9. The number of hydrogen-bond acceptors (Lipinski definition) is 5. The molecule has 2 heterocycles. The molecular formula is C28H32N4O4. The predicted octanol–water partition coefficient (Wildman–Crippen LogP) is 3.75. The molecule has 0 saturated heterocycles. The Bertz CT molecular complexity index is 1270. The average molecular weight is 489 g/mol. The Morgan fingerprint density at radius 3 is 2.61 bits per heavy atom. The van der Waals surface area contributed by atoms with E-state index in [9.17, 15) is 9.59 Å². The molecule has 1 N–H and O–H groups in total. The first-order valence-electron chi connectivity index (χ1n) is 12.5. The molecule has 0 unspecified atom stereocenters. The molecule has 1 aromatic heterocycles. The molecule has 1 fully saturated rings. The van der Waals surface area contributed by atoms with Gasteiger partial charge in [-0.3, -0.25) is 9.59 Å². The second-order valence-electron chi connectivity index (χ2n) is 9.44. The summed E-state index contributed by atoms with van der Waals surface area (Å²) in [5.74, 6) is 2.42. The number of carbonyl (C=O) groups is 2. The number of hydrogen-bond donors (Lipinski definition) is 1. The van der Waals surface area contributed by atoms with Gasteiger partial charge in [-0.15, -0.1) is 0 Å². The fourth-order valence-electron chi connectivity index (χ4n) is 4.73. The van der Waals surface area contributed by atoms with Crippen molar-refractivity contribution < 1.29 is 19.1 Å². The van der Waals surface area contributed by atoms with Crippen LogP contribution in [-0.2, 0) is 29.0 Å². The van der Waals surface area contributed by atoms with Crippen LogP contribution in [-0.4, -0.2) is 41.2 Å². The number of nitrogens with one attached hydrogen (secondary N) is 1. The molecule has 2 aliphatic rings. The maximum absolute atomic E-state index is 13.6. The summed E-state index contributed by atoms with van der Waals surface area (Å²) in [6, 6.07) is 14.4. The summed E-state index contributed by atoms with van der Waals surface area (Å²) < 4.78 is 13.1. The van der Waals surface area contributed by atoms with Crippen LogP contribution in [0, 0.1) is 6.92 Å². The van der Waals surface area contributed by atoms with Crippen LogP contribution in [0.1, 0.15) is 48.5 Å². The molecule has 3 aromatic rings. The highest BCUT2D eigenvalue weighted by Crippen LogP contribution is 2.40. The zero-order valence-corrected chi connectivity index (χ0v) is 21.0. The topological polar surface area (TPSA) is 85.7 Å². The van der Waals surface area contributed by atoms with Gasteiger partial charge in [0.05, 0.1) is 12.1 Å². The van der Waals surface area contributed by atoms with Crippen molar-refractivity contribution in [1.29, 1.82) is 0 Å². The second kappa shape index (κ2) is 10.0. The van der Waals surface area contributed by atoms with Gasteiger partial charge in [0.2, 0.25) is 18.6 Å². The number of likely N-dealkylation sites (N-methyl/N-ethyl adjacent to an activating group) is 1. The van der Waals surface area contributed by atoms with E-state index >= 15 is 0 Å². The molecule has 5 rings (SSSR count). The quantitative estimate of drug-likeness (QED) is 0.496. The third kappa shape index (κ3) is 4.94. The minimum absolute atomic E-state index is 0.144. The molecule has 1 aliphatic carbocycles. The summed E-state index contributed by atoms with van der Waals surface area (Å²) in [4.78, 5) is 33.2. The number of ether oxygens (including phenoxy) is 2. The van der Waals surface area contributed by atoms with Gasteiger partial charge < -0.3 is 24.3 Å². The van der Waals surface area contributed by atoms with Gasteiger partial charge in [0.25, 0.3) is 0 Å². The van der Waals surface area contributed by atoms with Crippen LogP contribution >= 0.6 is 0 Å². The van der Waals surface area contributed by atoms with Gasteiger partial charge in [-0.2, -0.15) is 0 Å². The van der Waals surface area contributed by atoms with E-state index in [-0.39, 0.29) is 25.0 Å². The smallest absolute Gasteiger partial charge is 0.249 e. The Hall–Kier alpha value is -3.81. The molecule has 1 saturated carbocycles. The molecule has 8 nitrogen and oxygen atoms in total. The summed E-state index contributed by atoms with van der Waals surface area (Å²) in [7, 11) is 1.71. The number of benzene rings is 2. The van der Waals surface area contributed by atoms with E-state index in [1.54, 1.807) is 24.1 Å². The van der Waals surface area contributed by atoms with Crippen molar-refractivity contribution in [2.45, 2.75) is 58.0 Å². The first-order chi connectivity index (χ1) is 17.4.